The maximum absolute atomic E-state index is 5.96. The van der Waals surface area contributed by atoms with Gasteiger partial charge >= 0.3 is 0 Å². The molecule has 1 aromatic heterocycles. The van der Waals surface area contributed by atoms with Gasteiger partial charge in [-0.15, -0.1) is 0 Å². The summed E-state index contributed by atoms with van der Waals surface area (Å²) in [4.78, 5) is 0. The van der Waals surface area contributed by atoms with E-state index in [2.05, 4.69) is 29.6 Å². The van der Waals surface area contributed by atoms with Gasteiger partial charge in [0.05, 0.1) is 12.7 Å². The van der Waals surface area contributed by atoms with Crippen LogP contribution in [0.2, 0.25) is 5.02 Å². The average Bonchev–Trinajstić information content (AvgIpc) is 2.77. The van der Waals surface area contributed by atoms with E-state index in [0.717, 1.165) is 31.1 Å². The van der Waals surface area contributed by atoms with Crippen LogP contribution in [0.25, 0.3) is 0 Å². The minimum absolute atomic E-state index is 0.758. The zero-order valence-electron chi connectivity index (χ0n) is 10.6. The van der Waals surface area contributed by atoms with Crippen molar-refractivity contribution in [3.8, 4) is 0 Å². The maximum Gasteiger partial charge on any atom is 0.0660 e. The van der Waals surface area contributed by atoms with Gasteiger partial charge in [-0.25, -0.2) is 0 Å². The molecule has 0 atom stereocenters. The molecule has 0 radical (unpaired) electrons. The van der Waals surface area contributed by atoms with E-state index in [1.807, 2.05) is 29.1 Å². The summed E-state index contributed by atoms with van der Waals surface area (Å²) in [5.41, 5.74) is 2.38. The fourth-order valence-electron chi connectivity index (χ4n) is 1.82. The normalized spacial score (nSPS) is 10.8. The van der Waals surface area contributed by atoms with Gasteiger partial charge in [0, 0.05) is 23.3 Å². The van der Waals surface area contributed by atoms with E-state index in [1.54, 1.807) is 0 Å². The molecule has 0 spiro atoms. The average molecular weight is 264 g/mol. The van der Waals surface area contributed by atoms with Crippen LogP contribution in [0.15, 0.2) is 36.7 Å². The summed E-state index contributed by atoms with van der Waals surface area (Å²) in [6.07, 6.45) is 5.13. The predicted molar refractivity (Wildman–Crippen MR) is 74.8 cm³/mol. The van der Waals surface area contributed by atoms with Crippen LogP contribution in [0, 0.1) is 0 Å². The van der Waals surface area contributed by atoms with Gasteiger partial charge in [-0.2, -0.15) is 5.10 Å². The largest absolute Gasteiger partial charge is 0.313 e. The summed E-state index contributed by atoms with van der Waals surface area (Å²) >= 11 is 5.96. The molecule has 18 heavy (non-hydrogen) atoms. The Morgan fingerprint density at radius 2 is 2.22 bits per heavy atom. The van der Waals surface area contributed by atoms with E-state index in [1.165, 1.54) is 11.1 Å². The van der Waals surface area contributed by atoms with Crippen LogP contribution >= 0.6 is 11.6 Å². The Balaban J connectivity index is 1.94. The van der Waals surface area contributed by atoms with Crippen molar-refractivity contribution in [1.82, 2.24) is 15.1 Å². The molecular weight excluding hydrogens is 246 g/mol. The Hall–Kier alpha value is -1.32. The van der Waals surface area contributed by atoms with E-state index in [-0.39, 0.29) is 0 Å². The van der Waals surface area contributed by atoms with Gasteiger partial charge in [0.25, 0.3) is 0 Å². The summed E-state index contributed by atoms with van der Waals surface area (Å²) in [5.74, 6) is 0. The molecule has 0 amide bonds. The standard InChI is InChI=1S/C14H18ClN3/c1-2-6-16-8-13-9-17-18(11-13)10-12-4-3-5-14(15)7-12/h3-5,7,9,11,16H,2,6,8,10H2,1H3. The van der Waals surface area contributed by atoms with Crippen LogP contribution in [-0.2, 0) is 13.1 Å². The fourth-order valence-corrected chi connectivity index (χ4v) is 2.03. The molecule has 0 aliphatic heterocycles. The molecule has 1 aromatic carbocycles. The van der Waals surface area contributed by atoms with Crippen molar-refractivity contribution in [2.45, 2.75) is 26.4 Å². The summed E-state index contributed by atoms with van der Waals surface area (Å²) in [5, 5.41) is 8.48. The van der Waals surface area contributed by atoms with Crippen molar-refractivity contribution in [3.05, 3.63) is 52.8 Å². The number of benzene rings is 1. The molecule has 1 N–H and O–H groups in total. The molecule has 0 saturated heterocycles. The summed E-state index contributed by atoms with van der Waals surface area (Å²) < 4.78 is 1.94. The lowest BCUT2D eigenvalue weighted by Crippen LogP contribution is -2.13. The van der Waals surface area contributed by atoms with Crippen LogP contribution < -0.4 is 5.32 Å². The summed E-state index contributed by atoms with van der Waals surface area (Å²) in [6, 6.07) is 7.87. The zero-order valence-corrected chi connectivity index (χ0v) is 11.3. The van der Waals surface area contributed by atoms with Gasteiger partial charge in [0.2, 0.25) is 0 Å². The number of nitrogens with zero attached hydrogens (tertiary/aromatic N) is 2. The first-order valence-electron chi connectivity index (χ1n) is 6.24. The molecule has 3 nitrogen and oxygen atoms in total. The third-order valence-corrected chi connectivity index (χ3v) is 2.91. The molecule has 96 valence electrons. The molecule has 0 unspecified atom stereocenters. The molecule has 2 aromatic rings. The quantitative estimate of drug-likeness (QED) is 0.812. The second-order valence-electron chi connectivity index (χ2n) is 4.35. The molecule has 0 fully saturated rings. The third kappa shape index (κ3) is 3.86. The fraction of sp³-hybridized carbons (Fsp3) is 0.357. The summed E-state index contributed by atoms with van der Waals surface area (Å²) in [7, 11) is 0. The first-order chi connectivity index (χ1) is 8.78. The second kappa shape index (κ2) is 6.57. The first-order valence-corrected chi connectivity index (χ1v) is 6.62. The minimum atomic E-state index is 0.758. The number of nitrogens with one attached hydrogen (secondary N) is 1. The van der Waals surface area contributed by atoms with E-state index < -0.39 is 0 Å². The highest BCUT2D eigenvalue weighted by molar-refractivity contribution is 6.30. The van der Waals surface area contributed by atoms with Crippen LogP contribution in [0.4, 0.5) is 0 Å². The van der Waals surface area contributed by atoms with Crippen LogP contribution in [-0.4, -0.2) is 16.3 Å². The minimum Gasteiger partial charge on any atom is -0.313 e. The number of aromatic nitrogens is 2. The van der Waals surface area contributed by atoms with Crippen LogP contribution in [0.5, 0.6) is 0 Å². The number of hydrogen-bond donors (Lipinski definition) is 1. The molecule has 4 heteroatoms. The molecule has 1 heterocycles. The van der Waals surface area contributed by atoms with Gasteiger partial charge in [-0.1, -0.05) is 30.7 Å². The number of rotatable bonds is 6. The van der Waals surface area contributed by atoms with Crippen LogP contribution in [0.1, 0.15) is 24.5 Å². The maximum atomic E-state index is 5.96. The van der Waals surface area contributed by atoms with Gasteiger partial charge < -0.3 is 5.32 Å². The van der Waals surface area contributed by atoms with E-state index >= 15 is 0 Å². The molecule has 0 aliphatic rings. The zero-order chi connectivity index (χ0) is 12.8. The molecule has 0 saturated carbocycles. The number of halogens is 1. The van der Waals surface area contributed by atoms with Crippen molar-refractivity contribution in [3.63, 3.8) is 0 Å². The molecule has 2 rings (SSSR count). The highest BCUT2D eigenvalue weighted by Gasteiger charge is 2.00. The van der Waals surface area contributed by atoms with Gasteiger partial charge in [-0.05, 0) is 30.7 Å². The lowest BCUT2D eigenvalue weighted by molar-refractivity contribution is 0.668. The Morgan fingerprint density at radius 1 is 1.33 bits per heavy atom. The van der Waals surface area contributed by atoms with Gasteiger partial charge in [0.15, 0.2) is 0 Å². The SMILES string of the molecule is CCCNCc1cnn(Cc2cccc(Cl)c2)c1. The highest BCUT2D eigenvalue weighted by Crippen LogP contribution is 2.11. The van der Waals surface area contributed by atoms with Crippen molar-refractivity contribution in [1.29, 1.82) is 0 Å². The monoisotopic (exact) mass is 263 g/mol. The smallest absolute Gasteiger partial charge is 0.0660 e. The van der Waals surface area contributed by atoms with Crippen molar-refractivity contribution < 1.29 is 0 Å². The highest BCUT2D eigenvalue weighted by atomic mass is 35.5. The Kier molecular flexibility index (Phi) is 4.79. The first kappa shape index (κ1) is 13.1. The lowest BCUT2D eigenvalue weighted by atomic mass is 10.2. The number of hydrogen-bond acceptors (Lipinski definition) is 2. The van der Waals surface area contributed by atoms with Crippen molar-refractivity contribution in [2.75, 3.05) is 6.54 Å². The van der Waals surface area contributed by atoms with Crippen molar-refractivity contribution >= 4 is 11.6 Å². The van der Waals surface area contributed by atoms with Gasteiger partial charge in [-0.3, -0.25) is 4.68 Å². The van der Waals surface area contributed by atoms with Gasteiger partial charge in [0.1, 0.15) is 0 Å². The van der Waals surface area contributed by atoms with E-state index in [0.29, 0.717) is 0 Å². The van der Waals surface area contributed by atoms with E-state index in [4.69, 9.17) is 11.6 Å². The second-order valence-corrected chi connectivity index (χ2v) is 4.79. The predicted octanol–water partition coefficient (Wildman–Crippen LogP) is 3.08. The molecular formula is C14H18ClN3. The summed E-state index contributed by atoms with van der Waals surface area (Å²) in [6.45, 7) is 4.84. The van der Waals surface area contributed by atoms with E-state index in [9.17, 15) is 0 Å². The van der Waals surface area contributed by atoms with Crippen LogP contribution in [0.3, 0.4) is 0 Å². The topological polar surface area (TPSA) is 29.9 Å². The third-order valence-electron chi connectivity index (χ3n) is 2.68. The van der Waals surface area contributed by atoms with Crippen molar-refractivity contribution in [2.24, 2.45) is 0 Å². The lowest BCUT2D eigenvalue weighted by Gasteiger charge is -2.02. The molecule has 0 bridgehead atoms. The Morgan fingerprint density at radius 3 is 3.00 bits per heavy atom. The molecule has 0 aliphatic carbocycles. The Labute approximate surface area is 113 Å². The Bertz CT molecular complexity index is 493.